The number of dihydropyridines is 1. The molecule has 146 valence electrons. The summed E-state index contributed by atoms with van der Waals surface area (Å²) in [6.45, 7) is 3.71. The number of hydrogen-bond donors (Lipinski definition) is 3. The maximum Gasteiger partial charge on any atom is 0.335 e. The first kappa shape index (κ1) is 20.6. The molecule has 1 atom stereocenters. The highest BCUT2D eigenvalue weighted by molar-refractivity contribution is 5.99. The lowest BCUT2D eigenvalue weighted by atomic mass is 9.77. The van der Waals surface area contributed by atoms with Gasteiger partial charge in [-0.05, 0) is 24.3 Å². The second-order valence-electron chi connectivity index (χ2n) is 6.26. The molecule has 0 saturated heterocycles. The molecule has 9 heteroatoms. The van der Waals surface area contributed by atoms with Crippen LogP contribution in [0, 0.1) is 27.4 Å². The lowest BCUT2D eigenvalue weighted by molar-refractivity contribution is -0.384. The van der Waals surface area contributed by atoms with Crippen LogP contribution in [-0.4, -0.2) is 27.1 Å². The van der Waals surface area contributed by atoms with Crippen LogP contribution in [0.25, 0.3) is 0 Å². The minimum Gasteiger partial charge on any atom is -0.478 e. The molecule has 1 unspecified atom stereocenters. The van der Waals surface area contributed by atoms with Crippen LogP contribution < -0.4 is 5.32 Å². The van der Waals surface area contributed by atoms with E-state index in [9.17, 15) is 35.2 Å². The number of nitrogens with one attached hydrogen (secondary N) is 1. The van der Waals surface area contributed by atoms with Crippen LogP contribution >= 0.6 is 0 Å². The number of carbonyl (C=O) groups is 2. The number of benzene rings is 1. The fourth-order valence-electron chi connectivity index (χ4n) is 3.44. The van der Waals surface area contributed by atoms with Gasteiger partial charge >= 0.3 is 11.9 Å². The Kier molecular flexibility index (Phi) is 6.15. The number of nitro benzene ring substituents is 1. The van der Waals surface area contributed by atoms with Gasteiger partial charge in [0.05, 0.1) is 22.0 Å². The molecule has 0 fully saturated rings. The molecule has 0 amide bonds. The summed E-state index contributed by atoms with van der Waals surface area (Å²) < 4.78 is 0. The molecule has 1 heterocycles. The summed E-state index contributed by atoms with van der Waals surface area (Å²) >= 11 is 0. The van der Waals surface area contributed by atoms with Crippen molar-refractivity contribution < 1.29 is 24.7 Å². The number of aliphatic carboxylic acids is 2. The van der Waals surface area contributed by atoms with E-state index in [0.29, 0.717) is 12.8 Å². The average Bonchev–Trinajstić information content (AvgIpc) is 2.67. The number of allylic oxidation sites excluding steroid dienone is 2. The van der Waals surface area contributed by atoms with Crippen molar-refractivity contribution in [3.63, 3.8) is 0 Å². The molecule has 0 aliphatic carbocycles. The minimum atomic E-state index is -1.47. The van der Waals surface area contributed by atoms with Gasteiger partial charge in [-0.3, -0.25) is 10.1 Å². The summed E-state index contributed by atoms with van der Waals surface area (Å²) in [7, 11) is 0. The van der Waals surface area contributed by atoms with Crippen molar-refractivity contribution in [3.8, 4) is 6.07 Å². The van der Waals surface area contributed by atoms with Crippen molar-refractivity contribution in [2.45, 2.75) is 32.6 Å². The third-order valence-electron chi connectivity index (χ3n) is 4.78. The molecule has 1 aromatic carbocycles. The second-order valence-corrected chi connectivity index (χ2v) is 6.26. The first-order chi connectivity index (χ1) is 13.3. The van der Waals surface area contributed by atoms with Crippen molar-refractivity contribution in [1.82, 2.24) is 5.32 Å². The zero-order chi connectivity index (χ0) is 21.0. The van der Waals surface area contributed by atoms with Gasteiger partial charge in [0.15, 0.2) is 0 Å². The number of nitrogens with zero attached hydrogens (tertiary/aromatic N) is 2. The zero-order valence-corrected chi connectivity index (χ0v) is 15.3. The molecule has 1 aromatic rings. The molecular formula is C19H19N3O6. The van der Waals surface area contributed by atoms with Crippen molar-refractivity contribution in [2.75, 3.05) is 0 Å². The van der Waals surface area contributed by atoms with Crippen LogP contribution in [0.1, 0.15) is 38.2 Å². The highest BCUT2D eigenvalue weighted by Gasteiger charge is 2.40. The van der Waals surface area contributed by atoms with E-state index < -0.39 is 28.4 Å². The van der Waals surface area contributed by atoms with Gasteiger partial charge in [0.2, 0.25) is 0 Å². The first-order valence-electron chi connectivity index (χ1n) is 8.62. The van der Waals surface area contributed by atoms with Crippen molar-refractivity contribution in [1.29, 1.82) is 5.26 Å². The number of nitro groups is 1. The predicted octanol–water partition coefficient (Wildman–Crippen LogP) is 2.92. The lowest BCUT2D eigenvalue weighted by Gasteiger charge is -2.32. The predicted molar refractivity (Wildman–Crippen MR) is 98.0 cm³/mol. The summed E-state index contributed by atoms with van der Waals surface area (Å²) in [6, 6.07) is 6.94. The Morgan fingerprint density at radius 1 is 1.25 bits per heavy atom. The van der Waals surface area contributed by atoms with Crippen molar-refractivity contribution >= 4 is 17.6 Å². The number of carboxylic acids is 2. The van der Waals surface area contributed by atoms with Crippen molar-refractivity contribution in [2.24, 2.45) is 5.92 Å². The molecule has 3 N–H and O–H groups in total. The van der Waals surface area contributed by atoms with Crippen LogP contribution in [0.4, 0.5) is 5.69 Å². The molecule has 9 nitrogen and oxygen atoms in total. The quantitative estimate of drug-likeness (QED) is 0.478. The van der Waals surface area contributed by atoms with Crippen LogP contribution in [0.2, 0.25) is 0 Å². The molecular weight excluding hydrogens is 366 g/mol. The highest BCUT2D eigenvalue weighted by Crippen LogP contribution is 2.41. The lowest BCUT2D eigenvalue weighted by Crippen LogP contribution is -2.35. The first-order valence-corrected chi connectivity index (χ1v) is 8.62. The maximum atomic E-state index is 12.1. The fourth-order valence-corrected chi connectivity index (χ4v) is 3.44. The molecule has 0 spiro atoms. The summed E-state index contributed by atoms with van der Waals surface area (Å²) in [5.41, 5.74) is -0.845. The Bertz CT molecular complexity index is 937. The topological polar surface area (TPSA) is 154 Å². The van der Waals surface area contributed by atoms with Gasteiger partial charge in [-0.2, -0.15) is 5.26 Å². The Hall–Kier alpha value is -3.67. The molecule has 0 bridgehead atoms. The van der Waals surface area contributed by atoms with Crippen LogP contribution in [-0.2, 0) is 9.59 Å². The Balaban J connectivity index is 2.87. The van der Waals surface area contributed by atoms with E-state index in [1.807, 2.05) is 13.8 Å². The van der Waals surface area contributed by atoms with E-state index in [-0.39, 0.29) is 34.1 Å². The number of non-ortho nitro benzene ring substituents is 1. The Morgan fingerprint density at radius 2 is 1.86 bits per heavy atom. The summed E-state index contributed by atoms with van der Waals surface area (Å²) in [6.07, 6.45) is 1.14. The third kappa shape index (κ3) is 3.71. The van der Waals surface area contributed by atoms with E-state index in [1.165, 1.54) is 18.2 Å². The van der Waals surface area contributed by atoms with Crippen LogP contribution in [0.3, 0.4) is 0 Å². The van der Waals surface area contributed by atoms with E-state index in [0.717, 1.165) is 6.07 Å². The number of carboxylic acid groups (broad SMARTS) is 2. The number of rotatable bonds is 7. The molecule has 1 aliphatic heterocycles. The summed E-state index contributed by atoms with van der Waals surface area (Å²) in [5.74, 6) is -4.38. The van der Waals surface area contributed by atoms with E-state index in [4.69, 9.17) is 0 Å². The Morgan fingerprint density at radius 3 is 2.32 bits per heavy atom. The van der Waals surface area contributed by atoms with E-state index in [2.05, 4.69) is 5.32 Å². The zero-order valence-electron chi connectivity index (χ0n) is 15.3. The minimum absolute atomic E-state index is 0.127. The van der Waals surface area contributed by atoms with Gasteiger partial charge in [0, 0.05) is 17.8 Å². The highest BCUT2D eigenvalue weighted by atomic mass is 16.6. The van der Waals surface area contributed by atoms with Gasteiger partial charge in [0.1, 0.15) is 11.8 Å². The van der Waals surface area contributed by atoms with Gasteiger partial charge in [-0.15, -0.1) is 0 Å². The fraction of sp³-hybridized carbons (Fsp3) is 0.316. The van der Waals surface area contributed by atoms with Crippen LogP contribution in [0.15, 0.2) is 46.8 Å². The third-order valence-corrected chi connectivity index (χ3v) is 4.78. The maximum absolute atomic E-state index is 12.1. The number of nitriles is 1. The smallest absolute Gasteiger partial charge is 0.335 e. The summed E-state index contributed by atoms with van der Waals surface area (Å²) in [4.78, 5) is 34.5. The largest absolute Gasteiger partial charge is 0.478 e. The normalized spacial score (nSPS) is 16.6. The summed E-state index contributed by atoms with van der Waals surface area (Å²) in [5, 5.41) is 42.9. The van der Waals surface area contributed by atoms with Crippen molar-refractivity contribution in [3.05, 3.63) is 62.5 Å². The van der Waals surface area contributed by atoms with Gasteiger partial charge in [0.25, 0.3) is 5.69 Å². The SMILES string of the molecule is CCC(CC)C1=C(C(=O)O)C(c2cccc([N+](=O)[O-])c2)C(C(=O)O)=C(C#N)N1. The average molecular weight is 385 g/mol. The van der Waals surface area contributed by atoms with Gasteiger partial charge < -0.3 is 15.5 Å². The van der Waals surface area contributed by atoms with E-state index in [1.54, 1.807) is 6.07 Å². The standard InChI is InChI=1S/C19H19N3O6/c1-3-10(4-2)17-16(19(25)26)14(15(18(23)24)13(9-20)21-17)11-6-5-7-12(8-11)22(27)28/h5-8,10,14,21H,3-4H2,1-2H3,(H,23,24)(H,25,26). The molecule has 0 aromatic heterocycles. The molecule has 1 aliphatic rings. The molecule has 0 saturated carbocycles. The monoisotopic (exact) mass is 385 g/mol. The molecule has 28 heavy (non-hydrogen) atoms. The van der Waals surface area contributed by atoms with E-state index >= 15 is 0 Å². The molecule has 2 rings (SSSR count). The molecule has 0 radical (unpaired) electrons. The van der Waals surface area contributed by atoms with Gasteiger partial charge in [-0.1, -0.05) is 26.0 Å². The van der Waals surface area contributed by atoms with Gasteiger partial charge in [-0.25, -0.2) is 9.59 Å². The number of hydrogen-bond acceptors (Lipinski definition) is 6. The second kappa shape index (κ2) is 8.35. The van der Waals surface area contributed by atoms with Crippen LogP contribution in [0.5, 0.6) is 0 Å². The Labute approximate surface area is 160 Å².